The molecular formula is C16H16N2O. The van der Waals surface area contributed by atoms with E-state index in [9.17, 15) is 4.79 Å². The molecule has 2 rings (SSSR count). The highest BCUT2D eigenvalue weighted by molar-refractivity contribution is 6.03. The Hall–Kier alpha value is -2.03. The first-order valence-corrected chi connectivity index (χ1v) is 6.12. The second-order valence-corrected chi connectivity index (χ2v) is 5.44. The molecule has 0 aliphatic carbocycles. The van der Waals surface area contributed by atoms with Crippen molar-refractivity contribution in [2.75, 3.05) is 0 Å². The van der Waals surface area contributed by atoms with Gasteiger partial charge < -0.3 is 0 Å². The predicted molar refractivity (Wildman–Crippen MR) is 74.8 cm³/mol. The zero-order valence-corrected chi connectivity index (χ0v) is 11.3. The lowest BCUT2D eigenvalue weighted by atomic mass is 9.94. The highest BCUT2D eigenvalue weighted by Crippen LogP contribution is 2.25. The summed E-state index contributed by atoms with van der Waals surface area (Å²) >= 11 is 0. The van der Waals surface area contributed by atoms with Crippen molar-refractivity contribution in [3.63, 3.8) is 0 Å². The van der Waals surface area contributed by atoms with Gasteiger partial charge in [-0.25, -0.2) is 9.97 Å². The molecule has 0 aliphatic rings. The third-order valence-electron chi connectivity index (χ3n) is 2.78. The topological polar surface area (TPSA) is 42.9 Å². The molecule has 1 aromatic heterocycles. The lowest BCUT2D eigenvalue weighted by Gasteiger charge is -2.18. The minimum Gasteiger partial charge on any atom is -0.292 e. The Bertz CT molecular complexity index is 598. The molecule has 1 heterocycles. The molecule has 0 N–H and O–H groups in total. The van der Waals surface area contributed by atoms with Gasteiger partial charge in [-0.3, -0.25) is 4.79 Å². The van der Waals surface area contributed by atoms with Crippen molar-refractivity contribution in [2.24, 2.45) is 0 Å². The maximum Gasteiger partial charge on any atom is 0.186 e. The molecule has 0 spiro atoms. The fourth-order valence-corrected chi connectivity index (χ4v) is 1.76. The monoisotopic (exact) mass is 252 g/mol. The highest BCUT2D eigenvalue weighted by Gasteiger charge is 2.21. The number of aromatic nitrogens is 2. The Kier molecular flexibility index (Phi) is 3.47. The van der Waals surface area contributed by atoms with Crippen LogP contribution in [0.5, 0.6) is 0 Å². The zero-order valence-electron chi connectivity index (χ0n) is 11.3. The van der Waals surface area contributed by atoms with Gasteiger partial charge in [0.05, 0.1) is 0 Å². The second-order valence-electron chi connectivity index (χ2n) is 5.44. The normalized spacial score (nSPS) is 11.4. The van der Waals surface area contributed by atoms with Crippen LogP contribution in [0.1, 0.15) is 37.1 Å². The number of rotatable bonds is 2. The Labute approximate surface area is 113 Å². The van der Waals surface area contributed by atoms with Crippen LogP contribution in [-0.2, 0) is 5.41 Å². The predicted octanol–water partition coefficient (Wildman–Crippen LogP) is 3.33. The van der Waals surface area contributed by atoms with E-state index in [1.807, 2.05) is 51.1 Å². The first kappa shape index (κ1) is 13.4. The molecule has 0 saturated carbocycles. The fraction of sp³-hybridized carbons (Fsp3) is 0.250. The summed E-state index contributed by atoms with van der Waals surface area (Å²) in [7, 11) is 0. The lowest BCUT2D eigenvalue weighted by Crippen LogP contribution is -2.18. The smallest absolute Gasteiger partial charge is 0.186 e. The summed E-state index contributed by atoms with van der Waals surface area (Å²) in [5, 5.41) is 0. The molecular weight excluding hydrogens is 236 g/mol. The van der Waals surface area contributed by atoms with Crippen molar-refractivity contribution in [1.82, 2.24) is 9.97 Å². The molecule has 0 unspecified atom stereocenters. The van der Waals surface area contributed by atoms with Crippen LogP contribution < -0.4 is 0 Å². The lowest BCUT2D eigenvalue weighted by molar-refractivity contribution is 0.104. The number of carbonyl (C=O) groups is 1. The number of nitrogens with zero attached hydrogens (tertiary/aromatic N) is 2. The van der Waals surface area contributed by atoms with Crippen molar-refractivity contribution < 1.29 is 4.79 Å². The first-order chi connectivity index (χ1) is 8.89. The van der Waals surface area contributed by atoms with E-state index in [1.54, 1.807) is 6.20 Å². The van der Waals surface area contributed by atoms with Crippen molar-refractivity contribution in [2.45, 2.75) is 26.2 Å². The number of hydrogen-bond acceptors (Lipinski definition) is 3. The maximum absolute atomic E-state index is 11.6. The molecule has 3 heteroatoms. The molecule has 1 aromatic carbocycles. The van der Waals surface area contributed by atoms with Crippen LogP contribution in [0, 0.1) is 6.92 Å². The number of ketones is 1. The zero-order chi connectivity index (χ0) is 14.0. The van der Waals surface area contributed by atoms with E-state index in [0.29, 0.717) is 11.4 Å². The summed E-state index contributed by atoms with van der Waals surface area (Å²) in [6.45, 7) is 11.4. The third kappa shape index (κ3) is 2.87. The largest absolute Gasteiger partial charge is 0.292 e. The Morgan fingerprint density at radius 1 is 1.16 bits per heavy atom. The maximum atomic E-state index is 11.6. The van der Waals surface area contributed by atoms with Crippen molar-refractivity contribution in [1.29, 1.82) is 0 Å². The Balaban J connectivity index is 2.61. The molecule has 0 fully saturated rings. The van der Waals surface area contributed by atoms with E-state index in [1.165, 1.54) is 0 Å². The van der Waals surface area contributed by atoms with Crippen LogP contribution in [0.4, 0.5) is 0 Å². The number of Topliss-reactive ketones (excluding diaryl/α,β-unsaturated/α-hetero) is 1. The van der Waals surface area contributed by atoms with Gasteiger partial charge >= 0.3 is 0 Å². The van der Waals surface area contributed by atoms with Crippen LogP contribution in [0.2, 0.25) is 0 Å². The molecule has 2 radical (unpaired) electrons. The van der Waals surface area contributed by atoms with Gasteiger partial charge in [0.2, 0.25) is 0 Å². The summed E-state index contributed by atoms with van der Waals surface area (Å²) in [5.41, 5.74) is 1.60. The van der Waals surface area contributed by atoms with Gasteiger partial charge in [-0.15, -0.1) is 0 Å². The minimum absolute atomic E-state index is 0.223. The molecule has 0 amide bonds. The molecule has 0 saturated heterocycles. The minimum atomic E-state index is -0.535. The summed E-state index contributed by atoms with van der Waals surface area (Å²) in [6.07, 6.45) is 1.67. The third-order valence-corrected chi connectivity index (χ3v) is 2.78. The molecule has 3 nitrogen and oxygen atoms in total. The first-order valence-electron chi connectivity index (χ1n) is 6.12. The average Bonchev–Trinajstić information content (AvgIpc) is 2.38. The van der Waals surface area contributed by atoms with E-state index in [4.69, 9.17) is 6.92 Å². The Morgan fingerprint density at radius 2 is 1.79 bits per heavy atom. The number of hydrogen-bond donors (Lipinski definition) is 0. The highest BCUT2D eigenvalue weighted by atomic mass is 16.1. The molecule has 0 atom stereocenters. The second kappa shape index (κ2) is 4.92. The van der Waals surface area contributed by atoms with Crippen LogP contribution in [0.3, 0.4) is 0 Å². The number of carbonyl (C=O) groups excluding carboxylic acids is 1. The van der Waals surface area contributed by atoms with Crippen LogP contribution >= 0.6 is 0 Å². The van der Waals surface area contributed by atoms with Crippen molar-refractivity contribution >= 4 is 5.78 Å². The summed E-state index contributed by atoms with van der Waals surface area (Å²) in [6, 6.07) is 9.52. The quantitative estimate of drug-likeness (QED) is 0.770. The fourth-order valence-electron chi connectivity index (χ4n) is 1.76. The molecule has 19 heavy (non-hydrogen) atoms. The summed E-state index contributed by atoms with van der Waals surface area (Å²) < 4.78 is 0. The van der Waals surface area contributed by atoms with Gasteiger partial charge in [0.15, 0.2) is 5.78 Å². The van der Waals surface area contributed by atoms with Crippen LogP contribution in [-0.4, -0.2) is 15.8 Å². The summed E-state index contributed by atoms with van der Waals surface area (Å²) in [4.78, 5) is 20.3. The summed E-state index contributed by atoms with van der Waals surface area (Å²) in [5.74, 6) is 0.0766. The van der Waals surface area contributed by atoms with Gasteiger partial charge in [-0.1, -0.05) is 51.1 Å². The van der Waals surface area contributed by atoms with E-state index in [2.05, 4.69) is 9.97 Å². The van der Waals surface area contributed by atoms with Crippen molar-refractivity contribution in [3.05, 3.63) is 55.0 Å². The average molecular weight is 252 g/mol. The number of benzene rings is 1. The van der Waals surface area contributed by atoms with Crippen LogP contribution in [0.25, 0.3) is 11.1 Å². The van der Waals surface area contributed by atoms with E-state index < -0.39 is 5.78 Å². The van der Waals surface area contributed by atoms with Gasteiger partial charge in [-0.2, -0.15) is 0 Å². The molecule has 96 valence electrons. The molecule has 0 bridgehead atoms. The SMILES string of the molecule is [CH]C(=O)c1nc(C(C)(C)C)ncc1-c1ccccc1. The molecule has 2 aromatic rings. The van der Waals surface area contributed by atoms with Crippen molar-refractivity contribution in [3.8, 4) is 11.1 Å². The standard InChI is InChI=1S/C16H16N2O/c1-11(19)14-13(12-8-6-5-7-9-12)10-17-15(18-14)16(2,3)4/h1,5-10H,2-4H3. The van der Waals surface area contributed by atoms with E-state index >= 15 is 0 Å². The van der Waals surface area contributed by atoms with Gasteiger partial charge in [-0.05, 0) is 5.56 Å². The van der Waals surface area contributed by atoms with Gasteiger partial charge in [0.1, 0.15) is 11.5 Å². The molecule has 0 aliphatic heterocycles. The van der Waals surface area contributed by atoms with E-state index in [0.717, 1.165) is 5.56 Å². The Morgan fingerprint density at radius 3 is 2.32 bits per heavy atom. The van der Waals surface area contributed by atoms with Gasteiger partial charge in [0.25, 0.3) is 0 Å². The van der Waals surface area contributed by atoms with Gasteiger partial charge in [0, 0.05) is 24.1 Å². The van der Waals surface area contributed by atoms with Crippen LogP contribution in [0.15, 0.2) is 36.5 Å². The van der Waals surface area contributed by atoms with E-state index in [-0.39, 0.29) is 11.1 Å².